The number of aliphatic hydroxyl groups excluding tert-OH is 1. The minimum absolute atomic E-state index is 0.0775. The molecule has 1 heterocycles. The van der Waals surface area contributed by atoms with E-state index in [2.05, 4.69) is 0 Å². The van der Waals surface area contributed by atoms with Crippen LogP contribution in [-0.4, -0.2) is 28.9 Å². The summed E-state index contributed by atoms with van der Waals surface area (Å²) < 4.78 is 0. The van der Waals surface area contributed by atoms with E-state index in [0.29, 0.717) is 13.0 Å². The van der Waals surface area contributed by atoms with Gasteiger partial charge in [-0.1, -0.05) is 13.3 Å². The summed E-state index contributed by atoms with van der Waals surface area (Å²) in [6.45, 7) is 2.60. The maximum absolute atomic E-state index is 11.3. The van der Waals surface area contributed by atoms with Crippen LogP contribution in [0.5, 0.6) is 0 Å². The Kier molecular flexibility index (Phi) is 3.98. The largest absolute Gasteiger partial charge is 0.785 e. The average Bonchev–Trinajstić information content (AvgIpc) is 2.09. The van der Waals surface area contributed by atoms with Crippen LogP contribution in [0.1, 0.15) is 39.0 Å². The Hall–Kier alpha value is -0.120. The smallest absolute Gasteiger partial charge is 0.0552 e. The second-order valence-corrected chi connectivity index (χ2v) is 3.59. The van der Waals surface area contributed by atoms with Gasteiger partial charge < -0.3 is 15.4 Å². The summed E-state index contributed by atoms with van der Waals surface area (Å²) in [5.74, 6) is 0. The minimum Gasteiger partial charge on any atom is -0.785 e. The minimum atomic E-state index is -0.287. The highest BCUT2D eigenvalue weighted by Crippen LogP contribution is 2.20. The first-order chi connectivity index (χ1) is 5.74. The van der Waals surface area contributed by atoms with Crippen molar-refractivity contribution in [3.05, 3.63) is 5.21 Å². The highest BCUT2D eigenvalue weighted by molar-refractivity contribution is 4.79. The first-order valence-electron chi connectivity index (χ1n) is 4.86. The molecule has 0 saturated carbocycles. The van der Waals surface area contributed by atoms with Crippen LogP contribution in [0.25, 0.3) is 0 Å². The number of hydrogen-bond donors (Lipinski definition) is 1. The number of aliphatic hydroxyl groups is 1. The molecule has 0 aromatic heterocycles. The summed E-state index contributed by atoms with van der Waals surface area (Å²) in [6, 6.07) is 0.0775. The molecule has 0 aromatic carbocycles. The van der Waals surface area contributed by atoms with Gasteiger partial charge in [-0.15, -0.1) is 0 Å². The van der Waals surface area contributed by atoms with Gasteiger partial charge in [0.2, 0.25) is 0 Å². The normalized spacial score (nSPS) is 28.8. The molecule has 1 N–H and O–H groups in total. The Labute approximate surface area is 74.0 Å². The lowest BCUT2D eigenvalue weighted by atomic mass is 9.98. The predicted molar refractivity (Wildman–Crippen MR) is 48.6 cm³/mol. The van der Waals surface area contributed by atoms with E-state index in [9.17, 15) is 10.3 Å². The van der Waals surface area contributed by atoms with E-state index in [1.165, 1.54) is 0 Å². The van der Waals surface area contributed by atoms with Gasteiger partial charge in [-0.05, 0) is 38.3 Å². The third-order valence-electron chi connectivity index (χ3n) is 2.59. The standard InChI is InChI=1S/C9H18NO2/c1-2-9(11)7-8-5-3-4-6-10(8)12/h8-9,11H,2-7H2,1H3/q-1. The van der Waals surface area contributed by atoms with Gasteiger partial charge in [-0.3, -0.25) is 0 Å². The Balaban J connectivity index is 2.28. The lowest BCUT2D eigenvalue weighted by Crippen LogP contribution is -2.37. The van der Waals surface area contributed by atoms with Crippen LogP contribution >= 0.6 is 0 Å². The lowest BCUT2D eigenvalue weighted by molar-refractivity contribution is 0.102. The summed E-state index contributed by atoms with van der Waals surface area (Å²) in [6.07, 6.45) is 4.23. The number of piperidine rings is 1. The van der Waals surface area contributed by atoms with Crippen molar-refractivity contribution in [3.8, 4) is 0 Å². The van der Waals surface area contributed by atoms with E-state index in [1.807, 2.05) is 6.92 Å². The zero-order valence-corrected chi connectivity index (χ0v) is 7.70. The van der Waals surface area contributed by atoms with Crippen molar-refractivity contribution in [2.75, 3.05) is 6.54 Å². The van der Waals surface area contributed by atoms with Crippen LogP contribution in [0.2, 0.25) is 0 Å². The third kappa shape index (κ3) is 2.73. The van der Waals surface area contributed by atoms with Crippen LogP contribution < -0.4 is 0 Å². The zero-order valence-electron chi connectivity index (χ0n) is 7.70. The summed E-state index contributed by atoms with van der Waals surface area (Å²) in [7, 11) is 0. The van der Waals surface area contributed by atoms with Crippen molar-refractivity contribution in [1.29, 1.82) is 0 Å². The second-order valence-electron chi connectivity index (χ2n) is 3.59. The van der Waals surface area contributed by atoms with Gasteiger partial charge in [-0.25, -0.2) is 0 Å². The van der Waals surface area contributed by atoms with Gasteiger partial charge in [0.05, 0.1) is 6.10 Å². The maximum Gasteiger partial charge on any atom is 0.0552 e. The average molecular weight is 172 g/mol. The van der Waals surface area contributed by atoms with E-state index < -0.39 is 0 Å². The molecule has 1 fully saturated rings. The molecule has 1 aliphatic rings. The van der Waals surface area contributed by atoms with E-state index in [1.54, 1.807) is 0 Å². The summed E-state index contributed by atoms with van der Waals surface area (Å²) >= 11 is 0. The van der Waals surface area contributed by atoms with Crippen molar-refractivity contribution >= 4 is 0 Å². The van der Waals surface area contributed by atoms with Gasteiger partial charge in [0.15, 0.2) is 0 Å². The Morgan fingerprint density at radius 3 is 2.92 bits per heavy atom. The fourth-order valence-corrected chi connectivity index (χ4v) is 1.69. The monoisotopic (exact) mass is 172 g/mol. The van der Waals surface area contributed by atoms with Crippen LogP contribution in [0, 0.1) is 5.21 Å². The van der Waals surface area contributed by atoms with Gasteiger partial charge in [-0.2, -0.15) is 0 Å². The predicted octanol–water partition coefficient (Wildman–Crippen LogP) is 1.50. The van der Waals surface area contributed by atoms with E-state index in [4.69, 9.17) is 0 Å². The molecule has 2 unspecified atom stereocenters. The quantitative estimate of drug-likeness (QED) is 0.701. The molecule has 1 rings (SSSR count). The molecular formula is C9H18NO2-. The summed E-state index contributed by atoms with van der Waals surface area (Å²) in [5.41, 5.74) is 0. The molecule has 0 radical (unpaired) electrons. The van der Waals surface area contributed by atoms with Crippen molar-refractivity contribution in [2.24, 2.45) is 0 Å². The lowest BCUT2D eigenvalue weighted by Gasteiger charge is -2.41. The molecule has 3 heteroatoms. The first-order valence-corrected chi connectivity index (χ1v) is 4.86. The highest BCUT2D eigenvalue weighted by Gasteiger charge is 2.17. The van der Waals surface area contributed by atoms with Gasteiger partial charge in [0, 0.05) is 0 Å². The maximum atomic E-state index is 11.3. The number of hydroxylamine groups is 2. The molecule has 0 aromatic rings. The first kappa shape index (κ1) is 9.96. The van der Waals surface area contributed by atoms with E-state index in [0.717, 1.165) is 30.7 Å². The van der Waals surface area contributed by atoms with Crippen LogP contribution in [0.15, 0.2) is 0 Å². The van der Waals surface area contributed by atoms with Crippen molar-refractivity contribution in [1.82, 2.24) is 5.06 Å². The molecular weight excluding hydrogens is 154 g/mol. The molecule has 72 valence electrons. The topological polar surface area (TPSA) is 46.5 Å². The molecule has 1 aliphatic heterocycles. The molecule has 2 atom stereocenters. The number of rotatable bonds is 3. The van der Waals surface area contributed by atoms with Crippen molar-refractivity contribution < 1.29 is 5.11 Å². The number of hydrogen-bond acceptors (Lipinski definition) is 3. The molecule has 1 saturated heterocycles. The molecule has 0 spiro atoms. The van der Waals surface area contributed by atoms with Crippen LogP contribution in [0.4, 0.5) is 0 Å². The Morgan fingerprint density at radius 1 is 1.58 bits per heavy atom. The van der Waals surface area contributed by atoms with Crippen LogP contribution in [-0.2, 0) is 0 Å². The SMILES string of the molecule is CCC(O)CC1CCCCN1[O-]. The fourth-order valence-electron chi connectivity index (χ4n) is 1.69. The molecule has 12 heavy (non-hydrogen) atoms. The van der Waals surface area contributed by atoms with Gasteiger partial charge in [0.1, 0.15) is 0 Å². The van der Waals surface area contributed by atoms with Crippen molar-refractivity contribution in [2.45, 2.75) is 51.2 Å². The van der Waals surface area contributed by atoms with Crippen molar-refractivity contribution in [3.63, 3.8) is 0 Å². The highest BCUT2D eigenvalue weighted by atomic mass is 16.5. The molecule has 0 amide bonds. The number of nitrogens with zero attached hydrogens (tertiary/aromatic N) is 1. The van der Waals surface area contributed by atoms with Gasteiger partial charge in [0.25, 0.3) is 0 Å². The van der Waals surface area contributed by atoms with Gasteiger partial charge >= 0.3 is 0 Å². The third-order valence-corrected chi connectivity index (χ3v) is 2.59. The molecule has 3 nitrogen and oxygen atoms in total. The second kappa shape index (κ2) is 4.80. The Bertz CT molecular complexity index is 130. The molecule has 0 aliphatic carbocycles. The zero-order chi connectivity index (χ0) is 8.97. The molecule has 0 bridgehead atoms. The summed E-state index contributed by atoms with van der Waals surface area (Å²) in [5, 5.41) is 21.8. The van der Waals surface area contributed by atoms with E-state index in [-0.39, 0.29) is 12.1 Å². The fraction of sp³-hybridized carbons (Fsp3) is 1.00. The van der Waals surface area contributed by atoms with Crippen LogP contribution in [0.3, 0.4) is 0 Å². The van der Waals surface area contributed by atoms with E-state index >= 15 is 0 Å². The Morgan fingerprint density at radius 2 is 2.33 bits per heavy atom. The summed E-state index contributed by atoms with van der Waals surface area (Å²) in [4.78, 5) is 0.